The highest BCUT2D eigenvalue weighted by Gasteiger charge is 2.50. The Kier molecular flexibility index (Phi) is 3.60. The third kappa shape index (κ3) is 2.23. The van der Waals surface area contributed by atoms with Gasteiger partial charge in [0, 0.05) is 11.7 Å². The van der Waals surface area contributed by atoms with E-state index in [1.165, 1.54) is 4.80 Å². The molecule has 1 saturated carbocycles. The number of pyridine rings is 1. The van der Waals surface area contributed by atoms with Crippen LogP contribution in [0.15, 0.2) is 24.5 Å². The Hall–Kier alpha value is -2.28. The number of carbonyl (C=O) groups excluding carboxylic acids is 1. The smallest absolute Gasteiger partial charge is 0.275 e. The first-order chi connectivity index (χ1) is 11.6. The Bertz CT molecular complexity index is 754. The summed E-state index contributed by atoms with van der Waals surface area (Å²) >= 11 is 0. The molecule has 2 aromatic heterocycles. The van der Waals surface area contributed by atoms with E-state index >= 15 is 0 Å². The molecule has 2 bridgehead atoms. The topological polar surface area (TPSA) is 84.1 Å². The summed E-state index contributed by atoms with van der Waals surface area (Å²) in [5, 5.41) is 18.1. The molecule has 2 aromatic rings. The molecule has 2 atom stereocenters. The van der Waals surface area contributed by atoms with Gasteiger partial charge in [0.1, 0.15) is 5.69 Å². The van der Waals surface area contributed by atoms with Crippen molar-refractivity contribution in [3.63, 3.8) is 0 Å². The first kappa shape index (κ1) is 15.3. The van der Waals surface area contributed by atoms with Crippen molar-refractivity contribution in [1.29, 1.82) is 0 Å². The van der Waals surface area contributed by atoms with Crippen LogP contribution >= 0.6 is 0 Å². The number of aromatic nitrogens is 4. The van der Waals surface area contributed by atoms with Crippen molar-refractivity contribution < 1.29 is 9.90 Å². The minimum atomic E-state index is -0.143. The van der Waals surface area contributed by atoms with Crippen LogP contribution in [0.25, 0.3) is 5.69 Å². The summed E-state index contributed by atoms with van der Waals surface area (Å²) in [6, 6.07) is 3.73. The molecule has 5 rings (SSSR count). The van der Waals surface area contributed by atoms with E-state index in [1.54, 1.807) is 12.4 Å². The zero-order chi connectivity index (χ0) is 16.8. The molecule has 1 amide bonds. The van der Waals surface area contributed by atoms with Gasteiger partial charge in [0.05, 0.1) is 25.0 Å². The minimum absolute atomic E-state index is 0.0128. The Morgan fingerprint density at radius 2 is 2.00 bits per heavy atom. The van der Waals surface area contributed by atoms with E-state index in [0.29, 0.717) is 23.2 Å². The predicted molar refractivity (Wildman–Crippen MR) is 86.6 cm³/mol. The normalized spacial score (nSPS) is 28.5. The van der Waals surface area contributed by atoms with E-state index in [2.05, 4.69) is 22.1 Å². The fourth-order valence-electron chi connectivity index (χ4n) is 4.03. The molecule has 2 saturated heterocycles. The second-order valence-electron chi connectivity index (χ2n) is 6.85. The maximum Gasteiger partial charge on any atom is 0.275 e. The van der Waals surface area contributed by atoms with E-state index in [4.69, 9.17) is 0 Å². The van der Waals surface area contributed by atoms with Crippen molar-refractivity contribution in [1.82, 2.24) is 24.9 Å². The van der Waals surface area contributed by atoms with Crippen LogP contribution in [0.3, 0.4) is 0 Å². The summed E-state index contributed by atoms with van der Waals surface area (Å²) < 4.78 is 0. The Morgan fingerprint density at radius 3 is 2.67 bits per heavy atom. The third-order valence-corrected chi connectivity index (χ3v) is 5.52. The zero-order valence-corrected chi connectivity index (χ0v) is 13.8. The van der Waals surface area contributed by atoms with Gasteiger partial charge in [0.15, 0.2) is 5.69 Å². The number of fused-ring (bicyclic) bond motifs is 2. The van der Waals surface area contributed by atoms with Crippen molar-refractivity contribution in [2.75, 3.05) is 6.61 Å². The van der Waals surface area contributed by atoms with Crippen molar-refractivity contribution in [2.24, 2.45) is 11.8 Å². The lowest BCUT2D eigenvalue weighted by Crippen LogP contribution is -2.64. The Balaban J connectivity index is 1.75. The lowest BCUT2D eigenvalue weighted by molar-refractivity contribution is -0.0704. The number of amides is 1. The molecule has 3 aliphatic rings. The van der Waals surface area contributed by atoms with E-state index in [1.807, 2.05) is 24.0 Å². The molecule has 0 unspecified atom stereocenters. The summed E-state index contributed by atoms with van der Waals surface area (Å²) in [4.78, 5) is 21.0. The van der Waals surface area contributed by atoms with Gasteiger partial charge in [0.25, 0.3) is 5.91 Å². The number of aryl methyl sites for hydroxylation is 1. The number of carbonyl (C=O) groups is 1. The largest absolute Gasteiger partial charge is 0.394 e. The molecule has 7 heteroatoms. The van der Waals surface area contributed by atoms with Gasteiger partial charge < -0.3 is 10.0 Å². The van der Waals surface area contributed by atoms with Crippen LogP contribution in [-0.4, -0.2) is 54.6 Å². The molecule has 24 heavy (non-hydrogen) atoms. The summed E-state index contributed by atoms with van der Waals surface area (Å²) in [7, 11) is 0. The average Bonchev–Trinajstić information content (AvgIpc) is 3.06. The van der Waals surface area contributed by atoms with Gasteiger partial charge >= 0.3 is 0 Å². The molecule has 3 fully saturated rings. The highest BCUT2D eigenvalue weighted by molar-refractivity contribution is 5.96. The van der Waals surface area contributed by atoms with Crippen molar-refractivity contribution in [2.45, 2.75) is 38.8 Å². The van der Waals surface area contributed by atoms with Crippen molar-refractivity contribution >= 4 is 5.91 Å². The Morgan fingerprint density at radius 1 is 1.29 bits per heavy atom. The summed E-state index contributed by atoms with van der Waals surface area (Å²) in [6.07, 6.45) is 5.18. The molecule has 7 nitrogen and oxygen atoms in total. The fourth-order valence-corrected chi connectivity index (χ4v) is 4.03. The van der Waals surface area contributed by atoms with Crippen LogP contribution in [0.5, 0.6) is 0 Å². The van der Waals surface area contributed by atoms with Gasteiger partial charge in [-0.05, 0) is 43.7 Å². The second-order valence-corrected chi connectivity index (χ2v) is 6.85. The molecular formula is C17H21N5O2. The van der Waals surface area contributed by atoms with E-state index < -0.39 is 0 Å². The maximum atomic E-state index is 13.3. The van der Waals surface area contributed by atoms with Gasteiger partial charge in [0.2, 0.25) is 0 Å². The van der Waals surface area contributed by atoms with Crippen LogP contribution in [0.2, 0.25) is 0 Å². The quantitative estimate of drug-likeness (QED) is 0.916. The van der Waals surface area contributed by atoms with E-state index in [0.717, 1.165) is 18.5 Å². The van der Waals surface area contributed by atoms with Crippen LogP contribution in [0, 0.1) is 18.8 Å². The fraction of sp³-hybridized carbons (Fsp3) is 0.529. The first-order valence-electron chi connectivity index (χ1n) is 8.38. The number of nitrogens with zero attached hydrogens (tertiary/aromatic N) is 5. The lowest BCUT2D eigenvalue weighted by Gasteiger charge is -2.56. The van der Waals surface area contributed by atoms with Gasteiger partial charge in [-0.25, -0.2) is 4.98 Å². The lowest BCUT2D eigenvalue weighted by atomic mass is 9.64. The SMILES string of the molecule is Cc1ccc(-n2nccn2)c(C(=O)N2C3CC(C3)[C@@H](C)[C@H]2CO)n1. The highest BCUT2D eigenvalue weighted by Crippen LogP contribution is 2.46. The number of aliphatic hydroxyl groups excluding tert-OH is 1. The number of hydrogen-bond donors (Lipinski definition) is 1. The number of aliphatic hydroxyl groups is 1. The molecule has 0 spiro atoms. The molecule has 0 aromatic carbocycles. The summed E-state index contributed by atoms with van der Waals surface area (Å²) in [5.74, 6) is 0.786. The monoisotopic (exact) mass is 327 g/mol. The zero-order valence-electron chi connectivity index (χ0n) is 13.8. The average molecular weight is 327 g/mol. The van der Waals surface area contributed by atoms with Gasteiger partial charge in [-0.3, -0.25) is 4.79 Å². The molecule has 0 radical (unpaired) electrons. The maximum absolute atomic E-state index is 13.3. The molecule has 4 heterocycles. The predicted octanol–water partition coefficient (Wildman–Crippen LogP) is 1.20. The van der Waals surface area contributed by atoms with Crippen molar-refractivity contribution in [3.8, 4) is 5.69 Å². The van der Waals surface area contributed by atoms with Gasteiger partial charge in [-0.2, -0.15) is 10.2 Å². The van der Waals surface area contributed by atoms with Gasteiger partial charge in [-0.15, -0.1) is 4.80 Å². The molecular weight excluding hydrogens is 306 g/mol. The molecule has 1 N–H and O–H groups in total. The molecule has 126 valence electrons. The second kappa shape index (κ2) is 5.66. The van der Waals surface area contributed by atoms with Crippen molar-refractivity contribution in [3.05, 3.63) is 35.9 Å². The highest BCUT2D eigenvalue weighted by atomic mass is 16.3. The van der Waals surface area contributed by atoms with Crippen LogP contribution in [0.1, 0.15) is 35.9 Å². The molecule has 2 aliphatic heterocycles. The van der Waals surface area contributed by atoms with E-state index in [9.17, 15) is 9.90 Å². The minimum Gasteiger partial charge on any atom is -0.394 e. The number of piperidine rings is 2. The summed E-state index contributed by atoms with van der Waals surface area (Å²) in [6.45, 7) is 3.97. The number of rotatable bonds is 3. The summed E-state index contributed by atoms with van der Waals surface area (Å²) in [5.41, 5.74) is 1.69. The standard InChI is InChI=1S/C17H21N5O2/c1-10-3-4-14(22-18-5-6-19-22)16(20-10)17(24)21-13-7-12(8-13)11(2)15(21)9-23/h3-6,11-13,15,23H,7-9H2,1-2H3/t11-,12?,13?,15-/m1/s1. The van der Waals surface area contributed by atoms with Gasteiger partial charge in [-0.1, -0.05) is 6.92 Å². The van der Waals surface area contributed by atoms with Crippen LogP contribution in [0.4, 0.5) is 0 Å². The Labute approximate surface area is 140 Å². The molecule has 1 aliphatic carbocycles. The van der Waals surface area contributed by atoms with Crippen LogP contribution in [-0.2, 0) is 0 Å². The van der Waals surface area contributed by atoms with E-state index in [-0.39, 0.29) is 24.6 Å². The first-order valence-corrected chi connectivity index (χ1v) is 8.38. The third-order valence-electron chi connectivity index (χ3n) is 5.52. The van der Waals surface area contributed by atoms with Crippen LogP contribution < -0.4 is 0 Å². The number of hydrogen-bond acceptors (Lipinski definition) is 5.